The highest BCUT2D eigenvalue weighted by atomic mass is 79.9. The number of rotatable bonds is 5. The van der Waals surface area contributed by atoms with Crippen molar-refractivity contribution in [1.82, 2.24) is 20.8 Å². The number of nitrogens with zero attached hydrogens (tertiary/aromatic N) is 1. The Morgan fingerprint density at radius 3 is 2.69 bits per heavy atom. The Bertz CT molecular complexity index is 943. The number of ether oxygens (including phenoxy) is 1. The molecule has 2 aromatic carbocycles. The molecule has 9 heteroatoms. The molecule has 1 aromatic heterocycles. The molecule has 0 saturated heterocycles. The van der Waals surface area contributed by atoms with Crippen molar-refractivity contribution in [1.29, 1.82) is 0 Å². The lowest BCUT2D eigenvalue weighted by Gasteiger charge is -2.06. The molecule has 0 saturated carbocycles. The van der Waals surface area contributed by atoms with Crippen molar-refractivity contribution in [3.8, 4) is 5.75 Å². The number of methoxy groups -OCH3 is 1. The van der Waals surface area contributed by atoms with Gasteiger partial charge in [-0.05, 0) is 36.4 Å². The number of fused-ring (bicyclic) bond motifs is 1. The molecule has 0 spiro atoms. The van der Waals surface area contributed by atoms with E-state index in [1.807, 2.05) is 18.2 Å². The molecule has 0 aliphatic rings. The maximum atomic E-state index is 11.9. The van der Waals surface area contributed by atoms with Gasteiger partial charge in [0.1, 0.15) is 5.75 Å². The normalized spacial score (nSPS) is 10.5. The highest BCUT2D eigenvalue weighted by molar-refractivity contribution is 9.10. The van der Waals surface area contributed by atoms with Crippen LogP contribution in [0.1, 0.15) is 10.4 Å². The fraction of sp³-hybridized carbons (Fsp3) is 0.118. The van der Waals surface area contributed by atoms with Crippen LogP contribution in [-0.2, 0) is 4.79 Å². The second-order valence-corrected chi connectivity index (χ2v) is 7.10. The average Bonchev–Trinajstić information content (AvgIpc) is 3.07. The van der Waals surface area contributed by atoms with E-state index < -0.39 is 0 Å². The highest BCUT2D eigenvalue weighted by Gasteiger charge is 2.10. The van der Waals surface area contributed by atoms with Crippen LogP contribution in [0.2, 0.25) is 0 Å². The lowest BCUT2D eigenvalue weighted by Crippen LogP contribution is -2.42. The van der Waals surface area contributed by atoms with Crippen LogP contribution in [0.5, 0.6) is 5.75 Å². The predicted molar refractivity (Wildman–Crippen MR) is 103 cm³/mol. The summed E-state index contributed by atoms with van der Waals surface area (Å²) >= 11 is 4.54. The lowest BCUT2D eigenvalue weighted by atomic mass is 10.2. The number of thioether (sulfide) groups is 1. The fourth-order valence-corrected chi connectivity index (χ4v) is 3.08. The molecule has 2 amide bonds. The lowest BCUT2D eigenvalue weighted by molar-refractivity contribution is -0.119. The molecule has 3 N–H and O–H groups in total. The number of halogens is 1. The van der Waals surface area contributed by atoms with Gasteiger partial charge in [0.05, 0.1) is 23.9 Å². The van der Waals surface area contributed by atoms with E-state index in [0.29, 0.717) is 10.7 Å². The molecule has 0 aliphatic heterocycles. The Balaban J connectivity index is 1.50. The summed E-state index contributed by atoms with van der Waals surface area (Å²) in [5.41, 5.74) is 6.84. The van der Waals surface area contributed by atoms with Crippen LogP contribution in [0.3, 0.4) is 0 Å². The van der Waals surface area contributed by atoms with Crippen LogP contribution < -0.4 is 15.6 Å². The van der Waals surface area contributed by atoms with Gasteiger partial charge in [-0.25, -0.2) is 4.98 Å². The summed E-state index contributed by atoms with van der Waals surface area (Å²) in [6.45, 7) is 0. The van der Waals surface area contributed by atoms with E-state index in [9.17, 15) is 9.59 Å². The van der Waals surface area contributed by atoms with Gasteiger partial charge in [0.2, 0.25) is 5.91 Å². The number of nitrogens with one attached hydrogen (secondary N) is 3. The number of benzene rings is 2. The number of aromatic nitrogens is 2. The molecule has 7 nitrogen and oxygen atoms in total. The highest BCUT2D eigenvalue weighted by Crippen LogP contribution is 2.22. The summed E-state index contributed by atoms with van der Waals surface area (Å²) in [4.78, 5) is 31.4. The van der Waals surface area contributed by atoms with Gasteiger partial charge in [-0.1, -0.05) is 27.7 Å². The van der Waals surface area contributed by atoms with Crippen LogP contribution in [0.4, 0.5) is 0 Å². The number of aromatic amines is 1. The van der Waals surface area contributed by atoms with Crippen molar-refractivity contribution >= 4 is 50.5 Å². The molecular weight excluding hydrogens is 420 g/mol. The van der Waals surface area contributed by atoms with Crippen LogP contribution in [0, 0.1) is 0 Å². The van der Waals surface area contributed by atoms with E-state index in [1.165, 1.54) is 11.8 Å². The number of carbonyl (C=O) groups is 2. The molecule has 134 valence electrons. The monoisotopic (exact) mass is 434 g/mol. The van der Waals surface area contributed by atoms with Crippen molar-refractivity contribution in [3.05, 3.63) is 52.5 Å². The Labute approximate surface area is 162 Å². The van der Waals surface area contributed by atoms with Gasteiger partial charge in [0.25, 0.3) is 5.91 Å². The average molecular weight is 435 g/mol. The van der Waals surface area contributed by atoms with Gasteiger partial charge in [-0.3, -0.25) is 20.4 Å². The van der Waals surface area contributed by atoms with Crippen molar-refractivity contribution in [2.45, 2.75) is 5.16 Å². The molecule has 3 aromatic rings. The minimum Gasteiger partial charge on any atom is -0.497 e. The molecule has 0 atom stereocenters. The largest absolute Gasteiger partial charge is 0.497 e. The zero-order valence-electron chi connectivity index (χ0n) is 13.7. The third kappa shape index (κ3) is 4.55. The SMILES string of the molecule is COc1ccc2nc(SCC(=O)NNC(=O)c3ccc(Br)cc3)[nH]c2c1. The number of hydrogen-bond donors (Lipinski definition) is 3. The van der Waals surface area contributed by atoms with E-state index >= 15 is 0 Å². The Morgan fingerprint density at radius 1 is 1.19 bits per heavy atom. The van der Waals surface area contributed by atoms with Crippen molar-refractivity contribution in [2.75, 3.05) is 12.9 Å². The summed E-state index contributed by atoms with van der Waals surface area (Å²) in [6, 6.07) is 12.3. The molecule has 0 radical (unpaired) electrons. The maximum Gasteiger partial charge on any atom is 0.269 e. The number of carbonyl (C=O) groups excluding carboxylic acids is 2. The number of imidazole rings is 1. The molecule has 0 unspecified atom stereocenters. The van der Waals surface area contributed by atoms with Gasteiger partial charge in [0, 0.05) is 16.1 Å². The number of amides is 2. The quantitative estimate of drug-likeness (QED) is 0.423. The molecule has 26 heavy (non-hydrogen) atoms. The summed E-state index contributed by atoms with van der Waals surface area (Å²) in [7, 11) is 1.60. The van der Waals surface area contributed by atoms with E-state index in [1.54, 1.807) is 31.4 Å². The second kappa shape index (κ2) is 8.24. The van der Waals surface area contributed by atoms with Gasteiger partial charge in [-0.15, -0.1) is 0 Å². The molecule has 3 rings (SSSR count). The standard InChI is InChI=1S/C17H15BrN4O3S/c1-25-12-6-7-13-14(8-12)20-17(19-13)26-9-15(23)21-22-16(24)10-2-4-11(18)5-3-10/h2-8H,9H2,1H3,(H,19,20)(H,21,23)(H,22,24). The first-order valence-electron chi connectivity index (χ1n) is 7.56. The van der Waals surface area contributed by atoms with Crippen molar-refractivity contribution in [3.63, 3.8) is 0 Å². The van der Waals surface area contributed by atoms with Gasteiger partial charge < -0.3 is 9.72 Å². The van der Waals surface area contributed by atoms with E-state index in [0.717, 1.165) is 21.3 Å². The molecule has 0 fully saturated rings. The minimum atomic E-state index is -0.383. The number of hydrogen-bond acceptors (Lipinski definition) is 5. The Hall–Kier alpha value is -2.52. The van der Waals surface area contributed by atoms with Gasteiger partial charge in [0.15, 0.2) is 5.16 Å². The first-order valence-corrected chi connectivity index (χ1v) is 9.34. The van der Waals surface area contributed by atoms with Crippen LogP contribution in [-0.4, -0.2) is 34.6 Å². The first kappa shape index (κ1) is 18.3. The summed E-state index contributed by atoms with van der Waals surface area (Å²) in [5.74, 6) is 0.119. The van der Waals surface area contributed by atoms with E-state index in [2.05, 4.69) is 36.7 Å². The van der Waals surface area contributed by atoms with Crippen LogP contribution >= 0.6 is 27.7 Å². The summed E-state index contributed by atoms with van der Waals surface area (Å²) in [5, 5.41) is 0.614. The topological polar surface area (TPSA) is 96.1 Å². The maximum absolute atomic E-state index is 11.9. The fourth-order valence-electron chi connectivity index (χ4n) is 2.13. The molecular formula is C17H15BrN4O3S. The summed E-state index contributed by atoms with van der Waals surface area (Å²) < 4.78 is 6.04. The third-order valence-corrected chi connectivity index (χ3v) is 4.83. The minimum absolute atomic E-state index is 0.109. The summed E-state index contributed by atoms with van der Waals surface area (Å²) in [6.07, 6.45) is 0. The second-order valence-electron chi connectivity index (χ2n) is 5.22. The number of H-pyrrole nitrogens is 1. The smallest absolute Gasteiger partial charge is 0.269 e. The Morgan fingerprint density at radius 2 is 1.96 bits per heavy atom. The molecule has 0 bridgehead atoms. The van der Waals surface area contributed by atoms with Crippen molar-refractivity contribution in [2.24, 2.45) is 0 Å². The first-order chi connectivity index (χ1) is 12.5. The van der Waals surface area contributed by atoms with Gasteiger partial charge >= 0.3 is 0 Å². The number of hydrazine groups is 1. The molecule has 1 heterocycles. The Kier molecular flexibility index (Phi) is 5.79. The van der Waals surface area contributed by atoms with E-state index in [-0.39, 0.29) is 17.6 Å². The predicted octanol–water partition coefficient (Wildman–Crippen LogP) is 2.89. The van der Waals surface area contributed by atoms with Crippen LogP contribution in [0.25, 0.3) is 11.0 Å². The van der Waals surface area contributed by atoms with Crippen molar-refractivity contribution < 1.29 is 14.3 Å². The van der Waals surface area contributed by atoms with Gasteiger partial charge in [-0.2, -0.15) is 0 Å². The zero-order chi connectivity index (χ0) is 18.5. The van der Waals surface area contributed by atoms with E-state index in [4.69, 9.17) is 4.74 Å². The molecule has 0 aliphatic carbocycles. The zero-order valence-corrected chi connectivity index (χ0v) is 16.1. The van der Waals surface area contributed by atoms with Crippen LogP contribution in [0.15, 0.2) is 52.1 Å². The third-order valence-electron chi connectivity index (χ3n) is 3.43.